The maximum Gasteiger partial charge on any atom is 0.0402 e. The molecule has 13 heavy (non-hydrogen) atoms. The standard InChI is InChI=1S/C11H20N2/c1-9(2)8-13-11(10(3)4)6-7-12-5/h8,12H,1,6-7H2,2-5H3. The molecular formula is C11H20N2. The van der Waals surface area contributed by atoms with Gasteiger partial charge in [-0.3, -0.25) is 4.99 Å². The van der Waals surface area contributed by atoms with Gasteiger partial charge in [-0.25, -0.2) is 0 Å². The fraction of sp³-hybridized carbons (Fsp3) is 0.545. The number of aliphatic imine (C=N–C) groups is 1. The smallest absolute Gasteiger partial charge is 0.0402 e. The second-order valence-electron chi connectivity index (χ2n) is 3.40. The van der Waals surface area contributed by atoms with Crippen molar-refractivity contribution in [2.45, 2.75) is 27.2 Å². The largest absolute Gasteiger partial charge is 0.319 e. The second kappa shape index (κ2) is 6.61. The number of rotatable bonds is 5. The van der Waals surface area contributed by atoms with Crippen molar-refractivity contribution in [1.82, 2.24) is 5.32 Å². The summed E-state index contributed by atoms with van der Waals surface area (Å²) in [5.41, 5.74) is 3.41. The van der Waals surface area contributed by atoms with Gasteiger partial charge in [0, 0.05) is 24.9 Å². The van der Waals surface area contributed by atoms with Crippen molar-refractivity contribution in [2.24, 2.45) is 4.99 Å². The average molecular weight is 180 g/mol. The Hall–Kier alpha value is -0.890. The highest BCUT2D eigenvalue weighted by Crippen LogP contribution is 2.08. The first-order chi connectivity index (χ1) is 6.07. The molecule has 0 radical (unpaired) electrons. The molecule has 74 valence electrons. The minimum absolute atomic E-state index is 0.966. The summed E-state index contributed by atoms with van der Waals surface area (Å²) in [4.78, 5) is 4.38. The Morgan fingerprint density at radius 2 is 2.00 bits per heavy atom. The molecule has 0 aliphatic heterocycles. The van der Waals surface area contributed by atoms with E-state index in [9.17, 15) is 0 Å². The highest BCUT2D eigenvalue weighted by Gasteiger charge is 1.95. The summed E-state index contributed by atoms with van der Waals surface area (Å²) in [5, 5.41) is 3.11. The van der Waals surface area contributed by atoms with Crippen molar-refractivity contribution < 1.29 is 0 Å². The minimum atomic E-state index is 0.966. The molecule has 0 aromatic heterocycles. The van der Waals surface area contributed by atoms with Crippen LogP contribution in [0.15, 0.2) is 28.4 Å². The molecule has 2 nitrogen and oxygen atoms in total. The summed E-state index contributed by atoms with van der Waals surface area (Å²) in [7, 11) is 1.95. The van der Waals surface area contributed by atoms with Gasteiger partial charge in [0.25, 0.3) is 0 Å². The lowest BCUT2D eigenvalue weighted by Crippen LogP contribution is -2.08. The lowest BCUT2D eigenvalue weighted by molar-refractivity contribution is 0.775. The van der Waals surface area contributed by atoms with E-state index in [1.54, 1.807) is 0 Å². The fourth-order valence-electron chi connectivity index (χ4n) is 0.875. The molecular weight excluding hydrogens is 160 g/mol. The van der Waals surface area contributed by atoms with Crippen LogP contribution in [0.2, 0.25) is 0 Å². The number of nitrogens with zero attached hydrogens (tertiary/aromatic N) is 1. The van der Waals surface area contributed by atoms with Gasteiger partial charge in [0.1, 0.15) is 0 Å². The number of nitrogens with one attached hydrogen (secondary N) is 1. The Balaban J connectivity index is 4.29. The Kier molecular flexibility index (Phi) is 6.15. The molecule has 0 saturated carbocycles. The van der Waals surface area contributed by atoms with Gasteiger partial charge in [0.05, 0.1) is 0 Å². The van der Waals surface area contributed by atoms with E-state index in [4.69, 9.17) is 0 Å². The molecule has 0 aliphatic rings. The van der Waals surface area contributed by atoms with Gasteiger partial charge in [-0.05, 0) is 33.4 Å². The fourth-order valence-corrected chi connectivity index (χ4v) is 0.875. The molecule has 0 spiro atoms. The van der Waals surface area contributed by atoms with Crippen LogP contribution in [0.25, 0.3) is 0 Å². The van der Waals surface area contributed by atoms with Crippen LogP contribution < -0.4 is 5.32 Å². The summed E-state index contributed by atoms with van der Waals surface area (Å²) < 4.78 is 0. The van der Waals surface area contributed by atoms with Gasteiger partial charge in [0.15, 0.2) is 0 Å². The van der Waals surface area contributed by atoms with E-state index < -0.39 is 0 Å². The van der Waals surface area contributed by atoms with Crippen molar-refractivity contribution in [3.05, 3.63) is 23.4 Å². The van der Waals surface area contributed by atoms with Crippen LogP contribution in [-0.2, 0) is 0 Å². The highest BCUT2D eigenvalue weighted by molar-refractivity contribution is 5.77. The van der Waals surface area contributed by atoms with E-state index in [-0.39, 0.29) is 0 Å². The molecule has 0 aromatic carbocycles. The predicted octanol–water partition coefficient (Wildman–Crippen LogP) is 2.54. The van der Waals surface area contributed by atoms with Crippen molar-refractivity contribution in [1.29, 1.82) is 0 Å². The molecule has 0 saturated heterocycles. The Morgan fingerprint density at radius 3 is 2.38 bits per heavy atom. The SMILES string of the molecule is C=C(C)C=NC(CCNC)=C(C)C. The predicted molar refractivity (Wildman–Crippen MR) is 60.2 cm³/mol. The van der Waals surface area contributed by atoms with Crippen LogP contribution >= 0.6 is 0 Å². The maximum atomic E-state index is 4.38. The van der Waals surface area contributed by atoms with E-state index in [2.05, 4.69) is 30.7 Å². The monoisotopic (exact) mass is 180 g/mol. The van der Waals surface area contributed by atoms with Gasteiger partial charge in [-0.15, -0.1) is 0 Å². The molecule has 0 unspecified atom stereocenters. The van der Waals surface area contributed by atoms with Crippen LogP contribution in [0.1, 0.15) is 27.2 Å². The topological polar surface area (TPSA) is 24.4 Å². The summed E-state index contributed by atoms with van der Waals surface area (Å²) >= 11 is 0. The van der Waals surface area contributed by atoms with Crippen LogP contribution in [0.5, 0.6) is 0 Å². The van der Waals surface area contributed by atoms with E-state index in [0.29, 0.717) is 0 Å². The van der Waals surface area contributed by atoms with Crippen molar-refractivity contribution in [2.75, 3.05) is 13.6 Å². The van der Waals surface area contributed by atoms with E-state index in [1.165, 1.54) is 5.57 Å². The van der Waals surface area contributed by atoms with Crippen molar-refractivity contribution in [3.8, 4) is 0 Å². The first-order valence-corrected chi connectivity index (χ1v) is 4.58. The maximum absolute atomic E-state index is 4.38. The highest BCUT2D eigenvalue weighted by atomic mass is 14.8. The normalized spacial score (nSPS) is 10.5. The third-order valence-electron chi connectivity index (χ3n) is 1.63. The summed E-state index contributed by atoms with van der Waals surface area (Å²) in [6, 6.07) is 0. The first kappa shape index (κ1) is 12.1. The molecule has 0 heterocycles. The summed E-state index contributed by atoms with van der Waals surface area (Å²) in [6.45, 7) is 10.9. The summed E-state index contributed by atoms with van der Waals surface area (Å²) in [6.07, 6.45) is 2.79. The third-order valence-corrected chi connectivity index (χ3v) is 1.63. The third kappa shape index (κ3) is 6.29. The lowest BCUT2D eigenvalue weighted by atomic mass is 10.2. The summed E-state index contributed by atoms with van der Waals surface area (Å²) in [5.74, 6) is 0. The van der Waals surface area contributed by atoms with Gasteiger partial charge < -0.3 is 5.32 Å². The van der Waals surface area contributed by atoms with Gasteiger partial charge in [-0.1, -0.05) is 12.2 Å². The zero-order valence-corrected chi connectivity index (χ0v) is 9.15. The van der Waals surface area contributed by atoms with E-state index in [1.807, 2.05) is 20.2 Å². The molecule has 0 amide bonds. The Bertz CT molecular complexity index is 220. The van der Waals surface area contributed by atoms with Gasteiger partial charge in [-0.2, -0.15) is 0 Å². The minimum Gasteiger partial charge on any atom is -0.319 e. The first-order valence-electron chi connectivity index (χ1n) is 4.58. The van der Waals surface area contributed by atoms with Gasteiger partial charge >= 0.3 is 0 Å². The Morgan fingerprint density at radius 1 is 1.38 bits per heavy atom. The molecule has 0 bridgehead atoms. The molecule has 0 aliphatic carbocycles. The molecule has 0 atom stereocenters. The van der Waals surface area contributed by atoms with Crippen molar-refractivity contribution in [3.63, 3.8) is 0 Å². The van der Waals surface area contributed by atoms with Crippen LogP contribution in [0.4, 0.5) is 0 Å². The molecule has 0 rings (SSSR count). The lowest BCUT2D eigenvalue weighted by Gasteiger charge is -2.03. The Labute approximate surface area is 81.5 Å². The zero-order chi connectivity index (χ0) is 10.3. The quantitative estimate of drug-likeness (QED) is 0.646. The molecule has 0 aromatic rings. The number of hydrogen-bond acceptors (Lipinski definition) is 2. The average Bonchev–Trinajstić information content (AvgIpc) is 2.03. The molecule has 2 heteroatoms. The van der Waals surface area contributed by atoms with E-state index in [0.717, 1.165) is 24.2 Å². The van der Waals surface area contributed by atoms with Crippen molar-refractivity contribution >= 4 is 6.21 Å². The van der Waals surface area contributed by atoms with E-state index >= 15 is 0 Å². The van der Waals surface area contributed by atoms with Crippen LogP contribution in [0, 0.1) is 0 Å². The molecule has 1 N–H and O–H groups in total. The second-order valence-corrected chi connectivity index (χ2v) is 3.40. The van der Waals surface area contributed by atoms with Crippen LogP contribution in [0.3, 0.4) is 0 Å². The molecule has 0 fully saturated rings. The zero-order valence-electron chi connectivity index (χ0n) is 9.15. The number of hydrogen-bond donors (Lipinski definition) is 1. The van der Waals surface area contributed by atoms with Gasteiger partial charge in [0.2, 0.25) is 0 Å². The van der Waals surface area contributed by atoms with Crippen LogP contribution in [-0.4, -0.2) is 19.8 Å². The number of allylic oxidation sites excluding steroid dienone is 2.